The van der Waals surface area contributed by atoms with Gasteiger partial charge in [-0.1, -0.05) is 46.3 Å². The van der Waals surface area contributed by atoms with E-state index in [0.717, 1.165) is 4.47 Å². The highest BCUT2D eigenvalue weighted by Crippen LogP contribution is 2.31. The van der Waals surface area contributed by atoms with Crippen molar-refractivity contribution < 1.29 is 0 Å². The molecule has 0 aromatic heterocycles. The summed E-state index contributed by atoms with van der Waals surface area (Å²) in [4.78, 5) is 0. The summed E-state index contributed by atoms with van der Waals surface area (Å²) in [6.45, 7) is 0. The van der Waals surface area contributed by atoms with Crippen LogP contribution in [0, 0.1) is 9.64 Å². The van der Waals surface area contributed by atoms with Crippen molar-refractivity contribution in [2.75, 3.05) is 0 Å². The van der Waals surface area contributed by atoms with Gasteiger partial charge in [0.15, 0.2) is 0 Å². The summed E-state index contributed by atoms with van der Waals surface area (Å²) in [5.41, 5.74) is 2.47. The fourth-order valence-corrected chi connectivity index (χ4v) is 3.05. The molecule has 1 radical (unpaired) electrons. The summed E-state index contributed by atoms with van der Waals surface area (Å²) in [7, 11) is 0. The Morgan fingerprint density at radius 3 is 2.43 bits per heavy atom. The predicted molar refractivity (Wildman–Crippen MR) is 71.1 cm³/mol. The maximum atomic E-state index is 3.55. The molecule has 0 saturated carbocycles. The van der Waals surface area contributed by atoms with Crippen LogP contribution in [0.3, 0.4) is 0 Å². The van der Waals surface area contributed by atoms with Gasteiger partial charge in [-0.25, -0.2) is 0 Å². The van der Waals surface area contributed by atoms with Crippen LogP contribution in [0.15, 0.2) is 46.9 Å². The minimum atomic E-state index is 1.09. The number of hydrogen-bond donors (Lipinski definition) is 0. The van der Waals surface area contributed by atoms with E-state index in [1.807, 2.05) is 18.2 Å². The second-order valence-electron chi connectivity index (χ2n) is 2.89. The minimum absolute atomic E-state index is 1.09. The van der Waals surface area contributed by atoms with E-state index in [1.54, 1.807) is 0 Å². The molecule has 2 aromatic rings. The van der Waals surface area contributed by atoms with Crippen LogP contribution in [-0.4, -0.2) is 0 Å². The van der Waals surface area contributed by atoms with Gasteiger partial charge >= 0.3 is 0 Å². The average molecular weight is 358 g/mol. The predicted octanol–water partition coefficient (Wildman–Crippen LogP) is 4.52. The largest absolute Gasteiger partial charge is 0.0622 e. The molecular formula is C12H7BrI. The lowest BCUT2D eigenvalue weighted by Crippen LogP contribution is -1.83. The molecule has 0 fully saturated rings. The van der Waals surface area contributed by atoms with Crippen LogP contribution >= 0.6 is 38.5 Å². The van der Waals surface area contributed by atoms with Crippen molar-refractivity contribution in [2.24, 2.45) is 0 Å². The molecule has 0 saturated heterocycles. The second kappa shape index (κ2) is 4.45. The van der Waals surface area contributed by atoms with Gasteiger partial charge in [-0.2, -0.15) is 0 Å². The Labute approximate surface area is 106 Å². The smallest absolute Gasteiger partial charge is 0.0270 e. The molecule has 0 nitrogen and oxygen atoms in total. The first-order valence-electron chi connectivity index (χ1n) is 4.19. The lowest BCUT2D eigenvalue weighted by atomic mass is 10.1. The maximum Gasteiger partial charge on any atom is 0.0270 e. The van der Waals surface area contributed by atoms with Gasteiger partial charge in [-0.15, -0.1) is 0 Å². The number of halogens is 2. The molecule has 0 N–H and O–H groups in total. The molecule has 0 atom stereocenters. The van der Waals surface area contributed by atoms with E-state index in [9.17, 15) is 0 Å². The summed E-state index contributed by atoms with van der Waals surface area (Å²) in [5, 5.41) is 0. The number of rotatable bonds is 1. The fraction of sp³-hybridized carbons (Fsp3) is 0. The highest BCUT2D eigenvalue weighted by molar-refractivity contribution is 14.1. The molecule has 0 unspecified atom stereocenters. The van der Waals surface area contributed by atoms with Crippen LogP contribution < -0.4 is 0 Å². The topological polar surface area (TPSA) is 0 Å². The van der Waals surface area contributed by atoms with E-state index < -0.39 is 0 Å². The van der Waals surface area contributed by atoms with Crippen LogP contribution in [0.5, 0.6) is 0 Å². The van der Waals surface area contributed by atoms with Gasteiger partial charge in [-0.3, -0.25) is 0 Å². The van der Waals surface area contributed by atoms with Gasteiger partial charge in [0.2, 0.25) is 0 Å². The van der Waals surface area contributed by atoms with Gasteiger partial charge in [0, 0.05) is 13.6 Å². The molecule has 0 aliphatic carbocycles. The molecule has 0 aliphatic rings. The zero-order valence-corrected chi connectivity index (χ0v) is 11.0. The minimum Gasteiger partial charge on any atom is -0.0622 e. The highest BCUT2D eigenvalue weighted by atomic mass is 127. The van der Waals surface area contributed by atoms with Crippen molar-refractivity contribution >= 4 is 38.5 Å². The Kier molecular flexibility index (Phi) is 3.23. The summed E-state index contributed by atoms with van der Waals surface area (Å²) in [5.74, 6) is 0. The van der Waals surface area contributed by atoms with E-state index in [0.29, 0.717) is 0 Å². The summed E-state index contributed by atoms with van der Waals surface area (Å²) in [6.07, 6.45) is 0. The van der Waals surface area contributed by atoms with Gasteiger partial charge in [-0.05, 0) is 46.4 Å². The quantitative estimate of drug-likeness (QED) is 0.658. The molecule has 69 valence electrons. The molecule has 0 amide bonds. The molecule has 0 aliphatic heterocycles. The van der Waals surface area contributed by atoms with Crippen molar-refractivity contribution in [3.63, 3.8) is 0 Å². The van der Waals surface area contributed by atoms with E-state index in [-0.39, 0.29) is 0 Å². The first-order valence-corrected chi connectivity index (χ1v) is 6.07. The van der Waals surface area contributed by atoms with Crippen molar-refractivity contribution in [2.45, 2.75) is 0 Å². The Morgan fingerprint density at radius 1 is 1.07 bits per heavy atom. The Bertz CT molecular complexity index is 417. The second-order valence-corrected chi connectivity index (χ2v) is 4.91. The van der Waals surface area contributed by atoms with Crippen LogP contribution in [-0.2, 0) is 0 Å². The van der Waals surface area contributed by atoms with Crippen LogP contribution in [0.4, 0.5) is 0 Å². The third kappa shape index (κ3) is 2.01. The van der Waals surface area contributed by atoms with E-state index in [1.165, 1.54) is 14.7 Å². The number of benzene rings is 2. The van der Waals surface area contributed by atoms with Gasteiger partial charge in [0.05, 0.1) is 0 Å². The van der Waals surface area contributed by atoms with Crippen LogP contribution in [0.25, 0.3) is 11.1 Å². The van der Waals surface area contributed by atoms with Crippen molar-refractivity contribution in [1.82, 2.24) is 0 Å². The lowest BCUT2D eigenvalue weighted by Gasteiger charge is -2.06. The summed E-state index contributed by atoms with van der Waals surface area (Å²) < 4.78 is 2.30. The maximum absolute atomic E-state index is 3.55. The fourth-order valence-electron chi connectivity index (χ4n) is 1.33. The Hall–Kier alpha value is -0.350. The summed E-state index contributed by atoms with van der Waals surface area (Å²) in [6, 6.07) is 17.4. The third-order valence-electron chi connectivity index (χ3n) is 1.96. The van der Waals surface area contributed by atoms with Crippen LogP contribution in [0.1, 0.15) is 0 Å². The van der Waals surface area contributed by atoms with Crippen molar-refractivity contribution in [3.05, 3.63) is 56.6 Å². The average Bonchev–Trinajstić information content (AvgIpc) is 2.19. The molecule has 0 spiro atoms. The molecule has 0 bridgehead atoms. The normalized spacial score (nSPS) is 10.1. The standard InChI is InChI=1S/C12H7BrI/c13-10-7-4-8-11(14)12(10)9-5-2-1-3-6-9/h1-3,5-8H. The monoisotopic (exact) mass is 357 g/mol. The van der Waals surface area contributed by atoms with E-state index in [2.05, 4.69) is 68.9 Å². The number of hydrogen-bond acceptors (Lipinski definition) is 0. The first-order chi connectivity index (χ1) is 6.79. The summed E-state index contributed by atoms with van der Waals surface area (Å²) >= 11 is 5.88. The molecule has 2 heteroatoms. The Morgan fingerprint density at radius 2 is 1.79 bits per heavy atom. The van der Waals surface area contributed by atoms with Crippen LogP contribution in [0.2, 0.25) is 0 Å². The zero-order valence-electron chi connectivity index (χ0n) is 7.30. The molecule has 2 aromatic carbocycles. The molecule has 14 heavy (non-hydrogen) atoms. The van der Waals surface area contributed by atoms with Gasteiger partial charge in [0.1, 0.15) is 0 Å². The highest BCUT2D eigenvalue weighted by Gasteiger charge is 2.05. The zero-order chi connectivity index (χ0) is 9.97. The first kappa shape index (κ1) is 10.2. The lowest BCUT2D eigenvalue weighted by molar-refractivity contribution is 1.54. The van der Waals surface area contributed by atoms with E-state index in [4.69, 9.17) is 0 Å². The van der Waals surface area contributed by atoms with Crippen molar-refractivity contribution in [3.8, 4) is 11.1 Å². The van der Waals surface area contributed by atoms with E-state index >= 15 is 0 Å². The SMILES string of the molecule is Brc1c[c]cc(I)c1-c1ccccc1. The molecular weight excluding hydrogens is 351 g/mol. The third-order valence-corrected chi connectivity index (χ3v) is 3.44. The molecule has 0 heterocycles. The Balaban J connectivity index is 2.63. The van der Waals surface area contributed by atoms with Gasteiger partial charge in [0.25, 0.3) is 0 Å². The van der Waals surface area contributed by atoms with Crippen molar-refractivity contribution in [1.29, 1.82) is 0 Å². The van der Waals surface area contributed by atoms with Gasteiger partial charge < -0.3 is 0 Å². The molecule has 2 rings (SSSR count).